The first-order valence-electron chi connectivity index (χ1n) is 4.27. The summed E-state index contributed by atoms with van der Waals surface area (Å²) in [5, 5.41) is 9.70. The maximum Gasteiger partial charge on any atom is 0.358 e. The number of rotatable bonds is 2. The summed E-state index contributed by atoms with van der Waals surface area (Å²) in [6, 6.07) is 7.25. The smallest absolute Gasteiger partial charge is 0.358 e. The third-order valence-corrected chi connectivity index (χ3v) is 2.73. The predicted molar refractivity (Wildman–Crippen MR) is 56.7 cm³/mol. The highest BCUT2D eigenvalue weighted by Gasteiger charge is 2.08. The van der Waals surface area contributed by atoms with Crippen LogP contribution in [0.25, 0.3) is 10.6 Å². The molecule has 0 aliphatic heterocycles. The molecule has 0 saturated carbocycles. The van der Waals surface area contributed by atoms with Crippen molar-refractivity contribution in [3.63, 3.8) is 0 Å². The molecule has 15 heavy (non-hydrogen) atoms. The first-order chi connectivity index (χ1) is 7.31. The van der Waals surface area contributed by atoms with Crippen LogP contribution in [-0.2, 0) is 4.74 Å². The zero-order valence-corrected chi connectivity index (χ0v) is 8.82. The standard InChI is InChI=1S/C10H8N2O2S/c1-14-10(13)8-5-4-7(11-12-8)9-3-2-6-15-9/h2-6H,1H3. The number of methoxy groups -OCH3 is 1. The van der Waals surface area contributed by atoms with Crippen LogP contribution in [0.3, 0.4) is 0 Å². The average Bonchev–Trinajstić information content (AvgIpc) is 2.82. The van der Waals surface area contributed by atoms with Gasteiger partial charge in [0.05, 0.1) is 12.0 Å². The van der Waals surface area contributed by atoms with Gasteiger partial charge in [-0.25, -0.2) is 4.79 Å². The SMILES string of the molecule is COC(=O)c1ccc(-c2cccs2)nn1. The molecule has 4 nitrogen and oxygen atoms in total. The molecule has 76 valence electrons. The van der Waals surface area contributed by atoms with Crippen molar-refractivity contribution in [2.24, 2.45) is 0 Å². The summed E-state index contributed by atoms with van der Waals surface area (Å²) >= 11 is 1.58. The fourth-order valence-corrected chi connectivity index (χ4v) is 1.79. The monoisotopic (exact) mass is 220 g/mol. The van der Waals surface area contributed by atoms with Gasteiger partial charge in [-0.15, -0.1) is 21.5 Å². The van der Waals surface area contributed by atoms with Gasteiger partial charge in [-0.05, 0) is 23.6 Å². The summed E-state index contributed by atoms with van der Waals surface area (Å²) < 4.78 is 4.53. The Labute approximate surface area is 90.5 Å². The maximum atomic E-state index is 11.1. The van der Waals surface area contributed by atoms with Crippen LogP contribution in [0.2, 0.25) is 0 Å². The van der Waals surface area contributed by atoms with Gasteiger partial charge >= 0.3 is 5.97 Å². The molecule has 0 unspecified atom stereocenters. The second-order valence-electron chi connectivity index (χ2n) is 2.77. The second kappa shape index (κ2) is 4.18. The predicted octanol–water partition coefficient (Wildman–Crippen LogP) is 1.99. The molecule has 0 fully saturated rings. The maximum absolute atomic E-state index is 11.1. The lowest BCUT2D eigenvalue weighted by Crippen LogP contribution is -2.05. The summed E-state index contributed by atoms with van der Waals surface area (Å²) in [5.41, 5.74) is 0.982. The molecule has 0 N–H and O–H groups in total. The molecule has 0 spiro atoms. The van der Waals surface area contributed by atoms with E-state index in [1.807, 2.05) is 17.5 Å². The highest BCUT2D eigenvalue weighted by molar-refractivity contribution is 7.13. The molecular weight excluding hydrogens is 212 g/mol. The van der Waals surface area contributed by atoms with Gasteiger partial charge < -0.3 is 4.74 Å². The number of carbonyl (C=O) groups is 1. The van der Waals surface area contributed by atoms with E-state index in [4.69, 9.17) is 0 Å². The van der Waals surface area contributed by atoms with E-state index in [1.54, 1.807) is 23.5 Å². The lowest BCUT2D eigenvalue weighted by molar-refractivity contribution is 0.0593. The van der Waals surface area contributed by atoms with Crippen molar-refractivity contribution in [3.05, 3.63) is 35.3 Å². The Morgan fingerprint density at radius 2 is 2.20 bits per heavy atom. The van der Waals surface area contributed by atoms with E-state index >= 15 is 0 Å². The molecule has 0 radical (unpaired) electrons. The Morgan fingerprint density at radius 3 is 2.73 bits per heavy atom. The quantitative estimate of drug-likeness (QED) is 0.726. The minimum Gasteiger partial charge on any atom is -0.464 e. The van der Waals surface area contributed by atoms with Crippen molar-refractivity contribution < 1.29 is 9.53 Å². The lowest BCUT2D eigenvalue weighted by atomic mass is 10.3. The molecule has 2 heterocycles. The third-order valence-electron chi connectivity index (χ3n) is 1.83. The average molecular weight is 220 g/mol. The molecule has 2 rings (SSSR count). The largest absolute Gasteiger partial charge is 0.464 e. The van der Waals surface area contributed by atoms with Crippen LogP contribution in [0.1, 0.15) is 10.5 Å². The second-order valence-corrected chi connectivity index (χ2v) is 3.72. The summed E-state index contributed by atoms with van der Waals surface area (Å²) in [7, 11) is 1.32. The number of hydrogen-bond acceptors (Lipinski definition) is 5. The Bertz CT molecular complexity index is 451. The number of thiophene rings is 1. The zero-order valence-electron chi connectivity index (χ0n) is 8.01. The summed E-state index contributed by atoms with van der Waals surface area (Å²) in [4.78, 5) is 12.1. The van der Waals surface area contributed by atoms with Gasteiger partial charge in [-0.3, -0.25) is 0 Å². The Kier molecular flexibility index (Phi) is 2.73. The molecule has 2 aromatic rings. The number of esters is 1. The van der Waals surface area contributed by atoms with E-state index in [1.165, 1.54) is 7.11 Å². The van der Waals surface area contributed by atoms with Gasteiger partial charge in [0, 0.05) is 0 Å². The van der Waals surface area contributed by atoms with Gasteiger partial charge in [0.1, 0.15) is 5.69 Å². The molecule has 0 aliphatic carbocycles. The first kappa shape index (κ1) is 9.79. The van der Waals surface area contributed by atoms with Crippen LogP contribution in [0, 0.1) is 0 Å². The van der Waals surface area contributed by atoms with Crippen molar-refractivity contribution >= 4 is 17.3 Å². The normalized spacial score (nSPS) is 9.93. The molecule has 0 aromatic carbocycles. The van der Waals surface area contributed by atoms with Crippen molar-refractivity contribution in [2.45, 2.75) is 0 Å². The number of ether oxygens (including phenoxy) is 1. The van der Waals surface area contributed by atoms with Crippen LogP contribution in [-0.4, -0.2) is 23.3 Å². The number of hydrogen-bond donors (Lipinski definition) is 0. The van der Waals surface area contributed by atoms with E-state index in [0.717, 1.165) is 10.6 Å². The fourth-order valence-electron chi connectivity index (χ4n) is 1.10. The van der Waals surface area contributed by atoms with Crippen molar-refractivity contribution in [2.75, 3.05) is 7.11 Å². The molecule has 0 saturated heterocycles. The minimum atomic E-state index is -0.472. The molecule has 0 aliphatic rings. The van der Waals surface area contributed by atoms with Crippen LogP contribution < -0.4 is 0 Å². The van der Waals surface area contributed by atoms with Crippen molar-refractivity contribution in [1.29, 1.82) is 0 Å². The molecule has 5 heteroatoms. The van der Waals surface area contributed by atoms with Gasteiger partial charge in [-0.1, -0.05) is 6.07 Å². The highest BCUT2D eigenvalue weighted by atomic mass is 32.1. The number of aromatic nitrogens is 2. The minimum absolute atomic E-state index is 0.220. The topological polar surface area (TPSA) is 52.1 Å². The van der Waals surface area contributed by atoms with E-state index in [9.17, 15) is 4.79 Å². The Hall–Kier alpha value is -1.75. The summed E-state index contributed by atoms with van der Waals surface area (Å²) in [5.74, 6) is -0.472. The van der Waals surface area contributed by atoms with E-state index in [0.29, 0.717) is 0 Å². The van der Waals surface area contributed by atoms with Crippen LogP contribution in [0.4, 0.5) is 0 Å². The van der Waals surface area contributed by atoms with E-state index in [2.05, 4.69) is 14.9 Å². The molecule has 0 bridgehead atoms. The van der Waals surface area contributed by atoms with Gasteiger partial charge in [-0.2, -0.15) is 0 Å². The van der Waals surface area contributed by atoms with E-state index in [-0.39, 0.29) is 5.69 Å². The van der Waals surface area contributed by atoms with Crippen LogP contribution >= 0.6 is 11.3 Å². The molecule has 0 amide bonds. The van der Waals surface area contributed by atoms with Crippen molar-refractivity contribution in [1.82, 2.24) is 10.2 Å². The number of nitrogens with zero attached hydrogens (tertiary/aromatic N) is 2. The number of carbonyl (C=O) groups excluding carboxylic acids is 1. The summed E-state index contributed by atoms with van der Waals surface area (Å²) in [6.45, 7) is 0. The highest BCUT2D eigenvalue weighted by Crippen LogP contribution is 2.21. The van der Waals surface area contributed by atoms with Crippen LogP contribution in [0.5, 0.6) is 0 Å². The third kappa shape index (κ3) is 2.02. The molecule has 2 aromatic heterocycles. The van der Waals surface area contributed by atoms with Crippen molar-refractivity contribution in [3.8, 4) is 10.6 Å². The molecular formula is C10H8N2O2S. The van der Waals surface area contributed by atoms with E-state index < -0.39 is 5.97 Å². The van der Waals surface area contributed by atoms with Crippen LogP contribution in [0.15, 0.2) is 29.6 Å². The Morgan fingerprint density at radius 1 is 1.33 bits per heavy atom. The van der Waals surface area contributed by atoms with Gasteiger partial charge in [0.2, 0.25) is 0 Å². The summed E-state index contributed by atoms with van der Waals surface area (Å²) in [6.07, 6.45) is 0. The first-order valence-corrected chi connectivity index (χ1v) is 5.15. The lowest BCUT2D eigenvalue weighted by Gasteiger charge is -1.98. The zero-order chi connectivity index (χ0) is 10.7. The molecule has 0 atom stereocenters. The van der Waals surface area contributed by atoms with Gasteiger partial charge in [0.25, 0.3) is 0 Å². The fraction of sp³-hybridized carbons (Fsp3) is 0.100. The Balaban J connectivity index is 2.29. The van der Waals surface area contributed by atoms with Gasteiger partial charge in [0.15, 0.2) is 5.69 Å².